The van der Waals surface area contributed by atoms with Gasteiger partial charge in [0.2, 0.25) is 0 Å². The van der Waals surface area contributed by atoms with E-state index in [0.717, 1.165) is 22.3 Å². The lowest BCUT2D eigenvalue weighted by atomic mass is 9.82. The molecule has 0 N–H and O–H groups in total. The molecule has 0 amide bonds. The van der Waals surface area contributed by atoms with E-state index in [4.69, 9.17) is 39.6 Å². The van der Waals surface area contributed by atoms with Crippen molar-refractivity contribution in [1.82, 2.24) is 9.55 Å². The van der Waals surface area contributed by atoms with Crippen molar-refractivity contribution in [3.8, 4) is 11.1 Å². The zero-order valence-corrected chi connectivity index (χ0v) is 20.4. The van der Waals surface area contributed by atoms with E-state index >= 15 is 0 Å². The lowest BCUT2D eigenvalue weighted by Gasteiger charge is -2.34. The number of hydrogen-bond acceptors (Lipinski definition) is 4. The molecular weight excluding hydrogens is 497 g/mol. The predicted molar refractivity (Wildman–Crippen MR) is 134 cm³/mol. The summed E-state index contributed by atoms with van der Waals surface area (Å²) in [7, 11) is 0. The van der Waals surface area contributed by atoms with Crippen LogP contribution in [0.1, 0.15) is 16.7 Å². The van der Waals surface area contributed by atoms with Crippen LogP contribution in [0.4, 0.5) is 0 Å². The first-order valence-corrected chi connectivity index (χ1v) is 11.5. The molecule has 0 saturated carbocycles. The number of imidazole rings is 1. The maximum atomic E-state index is 11.8. The molecule has 0 saturated heterocycles. The highest BCUT2D eigenvalue weighted by Gasteiger charge is 2.39. The topological polar surface area (TPSA) is 70.2 Å². The van der Waals surface area contributed by atoms with Crippen LogP contribution in [0.5, 0.6) is 0 Å². The molecule has 0 aliphatic carbocycles. The second-order valence-electron chi connectivity index (χ2n) is 7.95. The van der Waals surface area contributed by atoms with Crippen molar-refractivity contribution in [3.05, 3.63) is 121 Å². The molecule has 4 aromatic rings. The van der Waals surface area contributed by atoms with Gasteiger partial charge in [-0.3, -0.25) is 0 Å². The minimum Gasteiger partial charge on any atom is -0.335 e. The second-order valence-corrected chi connectivity index (χ2v) is 9.21. The summed E-state index contributed by atoms with van der Waals surface area (Å²) in [6.45, 7) is 2.08. The first-order valence-electron chi connectivity index (χ1n) is 10.4. The average Bonchev–Trinajstić information content (AvgIpc) is 3.29. The van der Waals surface area contributed by atoms with Crippen molar-refractivity contribution >= 4 is 34.8 Å². The highest BCUT2D eigenvalue weighted by atomic mass is 35.5. The molecule has 0 aliphatic heterocycles. The van der Waals surface area contributed by atoms with Crippen LogP contribution < -0.4 is 0 Å². The van der Waals surface area contributed by atoms with E-state index in [0.29, 0.717) is 20.6 Å². The second kappa shape index (κ2) is 10.1. The number of nitrogens with zero attached hydrogens (tertiary/aromatic N) is 3. The lowest BCUT2D eigenvalue weighted by molar-refractivity contribution is -0.785. The standard InChI is InChI=1S/C25H20Cl3N3O3/c1-17-21(19-6-8-20(26)9-7-19)3-2-4-22(17)25(34-31(32)33,15-30-12-11-29-16-30)14-18-5-10-23(27)24(28)13-18/h2-13,16H,14-15H2,1H3. The SMILES string of the molecule is Cc1c(-c2ccc(Cl)cc2)cccc1C(Cc1ccc(Cl)c(Cl)c1)(Cn1ccnc1)O[N+](=O)[O-]. The summed E-state index contributed by atoms with van der Waals surface area (Å²) in [6.07, 6.45) is 5.14. The van der Waals surface area contributed by atoms with E-state index in [1.165, 1.54) is 0 Å². The summed E-state index contributed by atoms with van der Waals surface area (Å²) < 4.78 is 1.76. The molecule has 0 spiro atoms. The van der Waals surface area contributed by atoms with E-state index in [2.05, 4.69) is 4.98 Å². The quantitative estimate of drug-likeness (QED) is 0.184. The van der Waals surface area contributed by atoms with Crippen molar-refractivity contribution in [2.24, 2.45) is 0 Å². The van der Waals surface area contributed by atoms with Crippen molar-refractivity contribution < 1.29 is 9.92 Å². The van der Waals surface area contributed by atoms with E-state index in [9.17, 15) is 10.1 Å². The predicted octanol–water partition coefficient (Wildman–Crippen LogP) is 7.17. The fraction of sp³-hybridized carbons (Fsp3) is 0.160. The van der Waals surface area contributed by atoms with Crippen LogP contribution in [-0.4, -0.2) is 14.6 Å². The maximum absolute atomic E-state index is 11.8. The van der Waals surface area contributed by atoms with Crippen molar-refractivity contribution in [2.75, 3.05) is 0 Å². The van der Waals surface area contributed by atoms with Gasteiger partial charge >= 0.3 is 0 Å². The number of benzene rings is 3. The Bertz CT molecular complexity index is 1310. The molecule has 0 bridgehead atoms. The largest absolute Gasteiger partial charge is 0.335 e. The zero-order chi connectivity index (χ0) is 24.3. The van der Waals surface area contributed by atoms with Crippen molar-refractivity contribution in [1.29, 1.82) is 0 Å². The first-order chi connectivity index (χ1) is 16.3. The Morgan fingerprint density at radius 3 is 2.47 bits per heavy atom. The van der Waals surface area contributed by atoms with Gasteiger partial charge in [-0.15, -0.1) is 10.1 Å². The van der Waals surface area contributed by atoms with Gasteiger partial charge in [-0.05, 0) is 59.0 Å². The highest BCUT2D eigenvalue weighted by Crippen LogP contribution is 2.39. The highest BCUT2D eigenvalue weighted by molar-refractivity contribution is 6.42. The van der Waals surface area contributed by atoms with Crippen LogP contribution >= 0.6 is 34.8 Å². The third-order valence-electron chi connectivity index (χ3n) is 5.70. The van der Waals surface area contributed by atoms with E-state index in [1.807, 2.05) is 49.4 Å². The van der Waals surface area contributed by atoms with Gasteiger partial charge in [0.05, 0.1) is 22.9 Å². The summed E-state index contributed by atoms with van der Waals surface area (Å²) in [5, 5.41) is 12.5. The number of halogens is 3. The number of rotatable bonds is 8. The average molecular weight is 517 g/mol. The van der Waals surface area contributed by atoms with Gasteiger partial charge in [-0.25, -0.2) is 4.98 Å². The Balaban J connectivity index is 1.90. The summed E-state index contributed by atoms with van der Waals surface area (Å²) >= 11 is 18.4. The number of aromatic nitrogens is 2. The van der Waals surface area contributed by atoms with Gasteiger partial charge in [0.25, 0.3) is 5.09 Å². The normalized spacial score (nSPS) is 12.8. The van der Waals surface area contributed by atoms with Gasteiger partial charge in [0.15, 0.2) is 5.60 Å². The summed E-state index contributed by atoms with van der Waals surface area (Å²) in [6, 6.07) is 18.3. The molecule has 0 radical (unpaired) electrons. The van der Waals surface area contributed by atoms with Crippen LogP contribution in [0.15, 0.2) is 79.4 Å². The van der Waals surface area contributed by atoms with Crippen LogP contribution in [0.25, 0.3) is 11.1 Å². The Labute approximate surface area is 211 Å². The Hall–Kier alpha value is -3.06. The molecule has 6 nitrogen and oxygen atoms in total. The Kier molecular flexibility index (Phi) is 7.12. The van der Waals surface area contributed by atoms with Crippen molar-refractivity contribution in [3.63, 3.8) is 0 Å². The van der Waals surface area contributed by atoms with Gasteiger partial charge in [-0.2, -0.15) is 0 Å². The van der Waals surface area contributed by atoms with E-state index in [-0.39, 0.29) is 13.0 Å². The first kappa shape index (κ1) is 24.1. The summed E-state index contributed by atoms with van der Waals surface area (Å²) in [5.74, 6) is 0. The van der Waals surface area contributed by atoms with Crippen LogP contribution in [0, 0.1) is 17.0 Å². The van der Waals surface area contributed by atoms with Crippen LogP contribution in [0.3, 0.4) is 0 Å². The molecule has 1 unspecified atom stereocenters. The molecule has 1 atom stereocenters. The third kappa shape index (κ3) is 5.20. The fourth-order valence-corrected chi connectivity index (χ4v) is 4.66. The van der Waals surface area contributed by atoms with Gasteiger partial charge in [0, 0.05) is 23.8 Å². The lowest BCUT2D eigenvalue weighted by Crippen LogP contribution is -2.39. The monoisotopic (exact) mass is 515 g/mol. The van der Waals surface area contributed by atoms with Gasteiger partial charge in [-0.1, -0.05) is 71.2 Å². The molecule has 9 heteroatoms. The molecular formula is C25H20Cl3N3O3. The number of hydrogen-bond donors (Lipinski definition) is 0. The maximum Gasteiger partial charge on any atom is 0.295 e. The van der Waals surface area contributed by atoms with E-state index in [1.54, 1.807) is 41.5 Å². The molecule has 0 fully saturated rings. The molecule has 1 aromatic heterocycles. The van der Waals surface area contributed by atoms with Crippen LogP contribution in [0.2, 0.25) is 15.1 Å². The zero-order valence-electron chi connectivity index (χ0n) is 18.1. The molecule has 1 heterocycles. The Morgan fingerprint density at radius 2 is 1.82 bits per heavy atom. The third-order valence-corrected chi connectivity index (χ3v) is 6.69. The van der Waals surface area contributed by atoms with Gasteiger partial charge < -0.3 is 9.40 Å². The van der Waals surface area contributed by atoms with Crippen LogP contribution in [-0.2, 0) is 23.4 Å². The summed E-state index contributed by atoms with van der Waals surface area (Å²) in [5.41, 5.74) is 2.77. The molecule has 4 rings (SSSR count). The molecule has 34 heavy (non-hydrogen) atoms. The van der Waals surface area contributed by atoms with E-state index < -0.39 is 10.7 Å². The molecule has 174 valence electrons. The fourth-order valence-electron chi connectivity index (χ4n) is 4.22. The minimum atomic E-state index is -1.37. The smallest absolute Gasteiger partial charge is 0.295 e. The summed E-state index contributed by atoms with van der Waals surface area (Å²) in [4.78, 5) is 21.5. The molecule has 3 aromatic carbocycles. The van der Waals surface area contributed by atoms with Crippen molar-refractivity contribution in [2.45, 2.75) is 25.5 Å². The molecule has 0 aliphatic rings. The minimum absolute atomic E-state index is 0.152. The Morgan fingerprint density at radius 1 is 1.06 bits per heavy atom. The van der Waals surface area contributed by atoms with Gasteiger partial charge in [0.1, 0.15) is 0 Å².